The highest BCUT2D eigenvalue weighted by Gasteiger charge is 2.11. The molecule has 0 aliphatic carbocycles. The number of pyridine rings is 1. The molecule has 1 aromatic carbocycles. The first kappa shape index (κ1) is 15.0. The Kier molecular flexibility index (Phi) is 5.15. The molecular weight excluding hydrogens is 316 g/mol. The summed E-state index contributed by atoms with van der Waals surface area (Å²) in [5, 5.41) is 0. The van der Waals surface area contributed by atoms with Crippen LogP contribution in [0.25, 0.3) is 0 Å². The molecule has 0 aliphatic rings. The van der Waals surface area contributed by atoms with Crippen molar-refractivity contribution in [1.82, 2.24) is 4.98 Å². The Morgan fingerprint density at radius 2 is 2.20 bits per heavy atom. The van der Waals surface area contributed by atoms with E-state index in [1.165, 1.54) is 0 Å². The monoisotopic (exact) mass is 334 g/mol. The Morgan fingerprint density at radius 1 is 1.40 bits per heavy atom. The first-order valence-electron chi connectivity index (χ1n) is 6.62. The lowest BCUT2D eigenvalue weighted by Gasteiger charge is -2.16. The Hall–Kier alpha value is -1.39. The van der Waals surface area contributed by atoms with Crippen LogP contribution in [0.2, 0.25) is 0 Å². The van der Waals surface area contributed by atoms with Crippen molar-refractivity contribution in [3.05, 3.63) is 57.8 Å². The smallest absolute Gasteiger partial charge is 0.126 e. The highest BCUT2D eigenvalue weighted by molar-refractivity contribution is 9.10. The average molecular weight is 335 g/mol. The predicted octanol–water partition coefficient (Wildman–Crippen LogP) is 3.62. The van der Waals surface area contributed by atoms with Crippen molar-refractivity contribution in [2.75, 3.05) is 0 Å². The number of ether oxygens (including phenoxy) is 1. The number of hydrogen-bond donors (Lipinski definition) is 1. The molecule has 2 aromatic rings. The van der Waals surface area contributed by atoms with Crippen molar-refractivity contribution in [3.8, 4) is 5.75 Å². The fourth-order valence-electron chi connectivity index (χ4n) is 2.14. The first-order chi connectivity index (χ1) is 9.56. The fraction of sp³-hybridized carbons (Fsp3) is 0.312. The standard InChI is InChI=1S/C16H19BrN2O/c1-11-6-15(17)8-14(7-12(2)18)16(11)20-10-13-4-3-5-19-9-13/h3-6,8-9,12H,7,10,18H2,1-2H3. The summed E-state index contributed by atoms with van der Waals surface area (Å²) in [5.41, 5.74) is 9.22. The molecule has 0 aliphatic heterocycles. The normalized spacial score (nSPS) is 12.2. The van der Waals surface area contributed by atoms with Gasteiger partial charge in [0, 0.05) is 28.5 Å². The van der Waals surface area contributed by atoms with Gasteiger partial charge in [0.05, 0.1) is 0 Å². The van der Waals surface area contributed by atoms with Gasteiger partial charge in [0.1, 0.15) is 12.4 Å². The summed E-state index contributed by atoms with van der Waals surface area (Å²) in [6.45, 7) is 4.57. The van der Waals surface area contributed by atoms with E-state index in [1.54, 1.807) is 6.20 Å². The van der Waals surface area contributed by atoms with E-state index in [0.717, 1.165) is 33.3 Å². The molecule has 0 spiro atoms. The molecule has 0 fully saturated rings. The van der Waals surface area contributed by atoms with Crippen LogP contribution in [0, 0.1) is 6.92 Å². The minimum absolute atomic E-state index is 0.101. The van der Waals surface area contributed by atoms with E-state index in [9.17, 15) is 0 Å². The highest BCUT2D eigenvalue weighted by atomic mass is 79.9. The van der Waals surface area contributed by atoms with Gasteiger partial charge in [-0.15, -0.1) is 0 Å². The van der Waals surface area contributed by atoms with Gasteiger partial charge >= 0.3 is 0 Å². The summed E-state index contributed by atoms with van der Waals surface area (Å²) in [5.74, 6) is 0.925. The Labute approximate surface area is 128 Å². The summed E-state index contributed by atoms with van der Waals surface area (Å²) in [4.78, 5) is 4.10. The van der Waals surface area contributed by atoms with Gasteiger partial charge in [-0.3, -0.25) is 4.98 Å². The zero-order valence-electron chi connectivity index (χ0n) is 11.8. The number of hydrogen-bond acceptors (Lipinski definition) is 3. The van der Waals surface area contributed by atoms with E-state index >= 15 is 0 Å². The molecule has 1 atom stereocenters. The zero-order chi connectivity index (χ0) is 14.5. The lowest BCUT2D eigenvalue weighted by molar-refractivity contribution is 0.299. The largest absolute Gasteiger partial charge is 0.488 e. The molecular formula is C16H19BrN2O. The molecule has 106 valence electrons. The zero-order valence-corrected chi connectivity index (χ0v) is 13.4. The molecule has 0 saturated heterocycles. The van der Waals surface area contributed by atoms with Gasteiger partial charge < -0.3 is 10.5 Å². The van der Waals surface area contributed by atoms with E-state index in [2.05, 4.69) is 33.0 Å². The van der Waals surface area contributed by atoms with E-state index in [0.29, 0.717) is 6.61 Å². The first-order valence-corrected chi connectivity index (χ1v) is 7.42. The molecule has 1 aromatic heterocycles. The third-order valence-electron chi connectivity index (χ3n) is 2.96. The van der Waals surface area contributed by atoms with Gasteiger partial charge in [-0.25, -0.2) is 0 Å². The van der Waals surface area contributed by atoms with Crippen LogP contribution in [-0.4, -0.2) is 11.0 Å². The fourth-order valence-corrected chi connectivity index (χ4v) is 2.76. The maximum absolute atomic E-state index is 5.99. The third-order valence-corrected chi connectivity index (χ3v) is 3.42. The second-order valence-corrected chi connectivity index (χ2v) is 5.96. The molecule has 1 unspecified atom stereocenters. The minimum atomic E-state index is 0.101. The Bertz CT molecular complexity index is 570. The quantitative estimate of drug-likeness (QED) is 0.908. The van der Waals surface area contributed by atoms with E-state index in [4.69, 9.17) is 10.5 Å². The minimum Gasteiger partial charge on any atom is -0.488 e. The van der Waals surface area contributed by atoms with Gasteiger partial charge in [-0.05, 0) is 49.6 Å². The third kappa shape index (κ3) is 4.05. The van der Waals surface area contributed by atoms with Crippen LogP contribution in [0.1, 0.15) is 23.6 Å². The number of aromatic nitrogens is 1. The summed E-state index contributed by atoms with van der Waals surface area (Å²) >= 11 is 3.53. The second-order valence-electron chi connectivity index (χ2n) is 5.04. The van der Waals surface area contributed by atoms with Crippen molar-refractivity contribution in [2.45, 2.75) is 32.9 Å². The Morgan fingerprint density at radius 3 is 2.85 bits per heavy atom. The summed E-state index contributed by atoms with van der Waals surface area (Å²) in [6.07, 6.45) is 4.37. The van der Waals surface area contributed by atoms with E-state index in [-0.39, 0.29) is 6.04 Å². The van der Waals surface area contributed by atoms with Crippen LogP contribution in [0.4, 0.5) is 0 Å². The number of nitrogens with two attached hydrogens (primary N) is 1. The second kappa shape index (κ2) is 6.86. The highest BCUT2D eigenvalue weighted by Crippen LogP contribution is 2.29. The molecule has 0 bridgehead atoms. The van der Waals surface area contributed by atoms with Gasteiger partial charge in [0.2, 0.25) is 0 Å². The maximum atomic E-state index is 5.99. The van der Waals surface area contributed by atoms with Crippen LogP contribution < -0.4 is 10.5 Å². The van der Waals surface area contributed by atoms with Gasteiger partial charge in [-0.1, -0.05) is 22.0 Å². The van der Waals surface area contributed by atoms with Crippen molar-refractivity contribution in [3.63, 3.8) is 0 Å². The molecule has 3 nitrogen and oxygen atoms in total. The number of aryl methyl sites for hydroxylation is 1. The number of benzene rings is 1. The van der Waals surface area contributed by atoms with Crippen molar-refractivity contribution in [2.24, 2.45) is 5.73 Å². The van der Waals surface area contributed by atoms with E-state index < -0.39 is 0 Å². The van der Waals surface area contributed by atoms with Crippen LogP contribution in [0.15, 0.2) is 41.1 Å². The van der Waals surface area contributed by atoms with Crippen molar-refractivity contribution in [1.29, 1.82) is 0 Å². The van der Waals surface area contributed by atoms with Crippen LogP contribution in [0.5, 0.6) is 5.75 Å². The number of rotatable bonds is 5. The van der Waals surface area contributed by atoms with Crippen molar-refractivity contribution < 1.29 is 4.74 Å². The molecule has 4 heteroatoms. The molecule has 0 amide bonds. The lowest BCUT2D eigenvalue weighted by atomic mass is 10.0. The molecule has 20 heavy (non-hydrogen) atoms. The topological polar surface area (TPSA) is 48.1 Å². The van der Waals surface area contributed by atoms with Crippen LogP contribution >= 0.6 is 15.9 Å². The molecule has 0 saturated carbocycles. The van der Waals surface area contributed by atoms with Gasteiger partial charge in [0.25, 0.3) is 0 Å². The van der Waals surface area contributed by atoms with Crippen LogP contribution in [0.3, 0.4) is 0 Å². The summed E-state index contributed by atoms with van der Waals surface area (Å²) < 4.78 is 7.05. The van der Waals surface area contributed by atoms with Crippen LogP contribution in [-0.2, 0) is 13.0 Å². The summed E-state index contributed by atoms with van der Waals surface area (Å²) in [6, 6.07) is 8.16. The number of nitrogens with zero attached hydrogens (tertiary/aromatic N) is 1. The summed E-state index contributed by atoms with van der Waals surface area (Å²) in [7, 11) is 0. The number of halogens is 1. The van der Waals surface area contributed by atoms with Crippen molar-refractivity contribution >= 4 is 15.9 Å². The average Bonchev–Trinajstić information content (AvgIpc) is 2.38. The molecule has 1 heterocycles. The van der Waals surface area contributed by atoms with E-state index in [1.807, 2.05) is 32.2 Å². The predicted molar refractivity (Wildman–Crippen MR) is 84.8 cm³/mol. The van der Waals surface area contributed by atoms with Gasteiger partial charge in [-0.2, -0.15) is 0 Å². The molecule has 0 radical (unpaired) electrons. The van der Waals surface area contributed by atoms with Gasteiger partial charge in [0.15, 0.2) is 0 Å². The maximum Gasteiger partial charge on any atom is 0.126 e. The Balaban J connectivity index is 2.21. The SMILES string of the molecule is Cc1cc(Br)cc(CC(C)N)c1OCc1cccnc1. The molecule has 2 rings (SSSR count). The molecule has 2 N–H and O–H groups in total. The lowest BCUT2D eigenvalue weighted by Crippen LogP contribution is -2.18.